The molecule has 2 aromatic rings. The summed E-state index contributed by atoms with van der Waals surface area (Å²) in [5.41, 5.74) is 1.29. The van der Waals surface area contributed by atoms with E-state index in [1.165, 1.54) is 12.8 Å². The van der Waals surface area contributed by atoms with Crippen molar-refractivity contribution in [1.29, 1.82) is 0 Å². The molecule has 6 heteroatoms. The van der Waals surface area contributed by atoms with Crippen molar-refractivity contribution in [2.45, 2.75) is 69.8 Å². The van der Waals surface area contributed by atoms with Gasteiger partial charge >= 0.3 is 5.97 Å². The van der Waals surface area contributed by atoms with Gasteiger partial charge in [-0.1, -0.05) is 62.9 Å². The van der Waals surface area contributed by atoms with Crippen molar-refractivity contribution in [2.24, 2.45) is 11.8 Å². The van der Waals surface area contributed by atoms with Crippen LogP contribution in [-0.2, 0) is 19.7 Å². The van der Waals surface area contributed by atoms with E-state index in [1.54, 1.807) is 18.5 Å². The highest BCUT2D eigenvalue weighted by atomic mass is 16.5. The first-order chi connectivity index (χ1) is 16.6. The van der Waals surface area contributed by atoms with Crippen molar-refractivity contribution in [3.8, 4) is 0 Å². The fraction of sp³-hybridized carbons (Fsp3) is 0.536. The van der Waals surface area contributed by atoms with Gasteiger partial charge in [0.25, 0.3) is 0 Å². The minimum atomic E-state index is -0.510. The predicted octanol–water partition coefficient (Wildman–Crippen LogP) is 4.86. The number of nitrogens with zero attached hydrogens (tertiary/aromatic N) is 1. The van der Waals surface area contributed by atoms with Crippen molar-refractivity contribution < 1.29 is 14.3 Å². The molecule has 2 fully saturated rings. The Balaban J connectivity index is 1.29. The van der Waals surface area contributed by atoms with Crippen LogP contribution >= 0.6 is 0 Å². The van der Waals surface area contributed by atoms with Gasteiger partial charge in [0.1, 0.15) is 6.10 Å². The summed E-state index contributed by atoms with van der Waals surface area (Å²) in [6, 6.07) is 13.9. The number of carbonyl (C=O) groups excluding carboxylic acids is 2. The van der Waals surface area contributed by atoms with E-state index >= 15 is 0 Å². The van der Waals surface area contributed by atoms with E-state index in [0.717, 1.165) is 44.1 Å². The first-order valence-electron chi connectivity index (χ1n) is 12.8. The van der Waals surface area contributed by atoms with E-state index < -0.39 is 5.41 Å². The Kier molecular flexibility index (Phi) is 8.33. The number of hydrogen-bond acceptors (Lipinski definition) is 5. The maximum atomic E-state index is 13.6. The minimum Gasteiger partial charge on any atom is -0.461 e. The van der Waals surface area contributed by atoms with E-state index in [-0.39, 0.29) is 24.5 Å². The summed E-state index contributed by atoms with van der Waals surface area (Å²) in [7, 11) is 0. The number of anilines is 1. The molecule has 182 valence electrons. The lowest BCUT2D eigenvalue weighted by molar-refractivity contribution is -0.171. The first kappa shape index (κ1) is 24.4. The Bertz CT molecular complexity index is 926. The number of aromatic nitrogens is 1. The molecule has 6 nitrogen and oxygen atoms in total. The number of carbonyl (C=O) groups is 2. The normalized spacial score (nSPS) is 23.9. The van der Waals surface area contributed by atoms with Gasteiger partial charge in [-0.15, -0.1) is 0 Å². The molecule has 1 amide bonds. The SMILES string of the molecule is CC1C[C@H](OC(=O)C2(c3ccccc3)CCCCCC2)C1CCNCC(=O)Nc1cccnc1. The largest absolute Gasteiger partial charge is 0.461 e. The smallest absolute Gasteiger partial charge is 0.316 e. The van der Waals surface area contributed by atoms with Crippen LogP contribution in [-0.4, -0.2) is 36.1 Å². The van der Waals surface area contributed by atoms with Crippen LogP contribution in [0.2, 0.25) is 0 Å². The summed E-state index contributed by atoms with van der Waals surface area (Å²) < 4.78 is 6.23. The van der Waals surface area contributed by atoms with Gasteiger partial charge in [0, 0.05) is 6.20 Å². The molecular formula is C28H37N3O3. The van der Waals surface area contributed by atoms with Gasteiger partial charge in [-0.25, -0.2) is 0 Å². The monoisotopic (exact) mass is 463 g/mol. The number of benzene rings is 1. The number of esters is 1. The number of ether oxygens (including phenoxy) is 1. The number of pyridine rings is 1. The maximum Gasteiger partial charge on any atom is 0.316 e. The third kappa shape index (κ3) is 5.84. The number of hydrogen-bond donors (Lipinski definition) is 2. The van der Waals surface area contributed by atoms with Crippen molar-refractivity contribution in [1.82, 2.24) is 10.3 Å². The van der Waals surface area contributed by atoms with Gasteiger partial charge in [0.15, 0.2) is 0 Å². The van der Waals surface area contributed by atoms with Crippen LogP contribution in [0.5, 0.6) is 0 Å². The standard InChI is InChI=1S/C28H37N3O3/c1-21-18-25(24(21)13-17-30-20-26(32)31-23-12-9-16-29-19-23)34-27(33)28(14-7-2-3-8-15-28)22-10-5-4-6-11-22/h4-6,9-12,16,19,21,24-25,30H,2-3,7-8,13-15,17-18,20H2,1H3,(H,31,32)/t21?,24?,25-/m0/s1. The molecule has 0 bridgehead atoms. The number of rotatable bonds is 9. The summed E-state index contributed by atoms with van der Waals surface area (Å²) in [5.74, 6) is 0.726. The second-order valence-electron chi connectivity index (χ2n) is 9.94. The van der Waals surface area contributed by atoms with E-state index in [4.69, 9.17) is 4.74 Å². The van der Waals surface area contributed by atoms with Crippen LogP contribution < -0.4 is 10.6 Å². The van der Waals surface area contributed by atoms with Gasteiger partial charge in [-0.05, 0) is 61.8 Å². The maximum absolute atomic E-state index is 13.6. The summed E-state index contributed by atoms with van der Waals surface area (Å²) in [6.45, 7) is 3.19. The molecule has 1 aromatic heterocycles. The van der Waals surface area contributed by atoms with Crippen molar-refractivity contribution >= 4 is 17.6 Å². The summed E-state index contributed by atoms with van der Waals surface area (Å²) in [4.78, 5) is 29.7. The molecule has 2 N–H and O–H groups in total. The van der Waals surface area contributed by atoms with Gasteiger partial charge in [-0.3, -0.25) is 14.6 Å². The average Bonchev–Trinajstić information content (AvgIpc) is 3.12. The molecule has 2 aliphatic carbocycles. The van der Waals surface area contributed by atoms with Crippen LogP contribution in [0, 0.1) is 11.8 Å². The molecule has 0 saturated heterocycles. The van der Waals surface area contributed by atoms with Crippen LogP contribution in [0.1, 0.15) is 63.9 Å². The predicted molar refractivity (Wildman–Crippen MR) is 133 cm³/mol. The Labute approximate surface area is 202 Å². The first-order valence-corrected chi connectivity index (χ1v) is 12.8. The fourth-order valence-electron chi connectivity index (χ4n) is 5.56. The molecule has 2 aliphatic rings. The summed E-state index contributed by atoms with van der Waals surface area (Å²) >= 11 is 0. The highest BCUT2D eigenvalue weighted by Gasteiger charge is 2.46. The van der Waals surface area contributed by atoms with Gasteiger partial charge in [0.05, 0.1) is 23.8 Å². The molecule has 0 aliphatic heterocycles. The second-order valence-corrected chi connectivity index (χ2v) is 9.94. The molecule has 3 atom stereocenters. The second kappa shape index (κ2) is 11.6. The molecule has 2 unspecified atom stereocenters. The quantitative estimate of drug-likeness (QED) is 0.315. The van der Waals surface area contributed by atoms with E-state index in [1.807, 2.05) is 24.3 Å². The van der Waals surface area contributed by atoms with Crippen molar-refractivity contribution in [3.63, 3.8) is 0 Å². The zero-order valence-corrected chi connectivity index (χ0v) is 20.2. The lowest BCUT2D eigenvalue weighted by atomic mass is 9.69. The number of nitrogens with one attached hydrogen (secondary N) is 2. The summed E-state index contributed by atoms with van der Waals surface area (Å²) in [5, 5.41) is 6.06. The highest BCUT2D eigenvalue weighted by Crippen LogP contribution is 2.44. The van der Waals surface area contributed by atoms with E-state index in [0.29, 0.717) is 24.1 Å². The van der Waals surface area contributed by atoms with Crippen LogP contribution in [0.4, 0.5) is 5.69 Å². The lowest BCUT2D eigenvalue weighted by Gasteiger charge is -2.44. The molecule has 1 aromatic carbocycles. The van der Waals surface area contributed by atoms with Gasteiger partial charge < -0.3 is 15.4 Å². The third-order valence-corrected chi connectivity index (χ3v) is 7.63. The zero-order valence-electron chi connectivity index (χ0n) is 20.2. The molecular weight excluding hydrogens is 426 g/mol. The van der Waals surface area contributed by atoms with Crippen molar-refractivity contribution in [3.05, 3.63) is 60.4 Å². The van der Waals surface area contributed by atoms with E-state index in [9.17, 15) is 9.59 Å². The van der Waals surface area contributed by atoms with Crippen molar-refractivity contribution in [2.75, 3.05) is 18.4 Å². The van der Waals surface area contributed by atoms with Crippen LogP contribution in [0.25, 0.3) is 0 Å². The lowest BCUT2D eigenvalue weighted by Crippen LogP contribution is -2.48. The molecule has 2 saturated carbocycles. The topological polar surface area (TPSA) is 80.3 Å². The minimum absolute atomic E-state index is 0.0302. The van der Waals surface area contributed by atoms with Crippen LogP contribution in [0.15, 0.2) is 54.9 Å². The summed E-state index contributed by atoms with van der Waals surface area (Å²) in [6.07, 6.45) is 11.3. The fourth-order valence-corrected chi connectivity index (χ4v) is 5.56. The highest BCUT2D eigenvalue weighted by molar-refractivity contribution is 5.92. The Morgan fingerprint density at radius 1 is 1.06 bits per heavy atom. The number of amides is 1. The molecule has 1 heterocycles. The van der Waals surface area contributed by atoms with Gasteiger partial charge in [-0.2, -0.15) is 0 Å². The Hall–Kier alpha value is -2.73. The van der Waals surface area contributed by atoms with Crippen LogP contribution in [0.3, 0.4) is 0 Å². The third-order valence-electron chi connectivity index (χ3n) is 7.63. The zero-order chi connectivity index (χ0) is 23.8. The molecule has 0 spiro atoms. The average molecular weight is 464 g/mol. The molecule has 0 radical (unpaired) electrons. The van der Waals surface area contributed by atoms with Gasteiger partial charge in [0.2, 0.25) is 5.91 Å². The Morgan fingerprint density at radius 2 is 1.82 bits per heavy atom. The Morgan fingerprint density at radius 3 is 2.50 bits per heavy atom. The molecule has 4 rings (SSSR count). The van der Waals surface area contributed by atoms with E-state index in [2.05, 4.69) is 34.7 Å². The molecule has 34 heavy (non-hydrogen) atoms.